The maximum Gasteiger partial charge on any atom is 0.267 e. The molecule has 0 fully saturated rings. The van der Waals surface area contributed by atoms with Gasteiger partial charge in [0.25, 0.3) is 5.89 Å². The zero-order valence-corrected chi connectivity index (χ0v) is 9.26. The third kappa shape index (κ3) is 1.78. The average molecular weight is 230 g/mol. The first kappa shape index (κ1) is 9.61. The molecule has 6 heteroatoms. The van der Waals surface area contributed by atoms with Gasteiger partial charge in [-0.05, 0) is 13.8 Å². The lowest BCUT2D eigenvalue weighted by Crippen LogP contribution is -1.81. The number of thiazole rings is 1. The molecule has 0 aliphatic heterocycles. The molecule has 4 nitrogen and oxygen atoms in total. The van der Waals surface area contributed by atoms with Crippen LogP contribution in [0.1, 0.15) is 23.2 Å². The lowest BCUT2D eigenvalue weighted by Gasteiger charge is -1.91. The van der Waals surface area contributed by atoms with Crippen LogP contribution in [0.5, 0.6) is 0 Å². The number of aryl methyl sites for hydroxylation is 1. The molecule has 0 N–H and O–H groups in total. The first-order valence-corrected chi connectivity index (χ1v) is 5.38. The fraction of sp³-hybridized carbons (Fsp3) is 0.375. The molecular weight excluding hydrogens is 222 g/mol. The standard InChI is InChI=1S/C8H8ClN3OS/c1-4(9)7-11-12-8(13-7)6-3-14-5(2)10-6/h3-4H,1-2H3. The van der Waals surface area contributed by atoms with Gasteiger partial charge in [0.1, 0.15) is 11.1 Å². The second-order valence-corrected chi connectivity index (χ2v) is 4.53. The molecule has 0 aliphatic carbocycles. The second-order valence-electron chi connectivity index (χ2n) is 2.81. The van der Waals surface area contributed by atoms with Crippen LogP contribution < -0.4 is 0 Å². The fourth-order valence-corrected chi connectivity index (χ4v) is 1.64. The highest BCUT2D eigenvalue weighted by Crippen LogP contribution is 2.24. The van der Waals surface area contributed by atoms with E-state index in [0.717, 1.165) is 5.01 Å². The van der Waals surface area contributed by atoms with Crippen molar-refractivity contribution in [3.63, 3.8) is 0 Å². The van der Waals surface area contributed by atoms with Crippen molar-refractivity contribution in [1.29, 1.82) is 0 Å². The summed E-state index contributed by atoms with van der Waals surface area (Å²) in [6.45, 7) is 3.71. The van der Waals surface area contributed by atoms with Crippen molar-refractivity contribution >= 4 is 22.9 Å². The van der Waals surface area contributed by atoms with Crippen molar-refractivity contribution in [2.45, 2.75) is 19.2 Å². The molecule has 0 aliphatic rings. The zero-order chi connectivity index (χ0) is 10.1. The molecule has 2 aromatic heterocycles. The molecule has 0 amide bonds. The molecule has 74 valence electrons. The van der Waals surface area contributed by atoms with Crippen molar-refractivity contribution in [3.8, 4) is 11.6 Å². The Balaban J connectivity index is 2.33. The van der Waals surface area contributed by atoms with Crippen molar-refractivity contribution in [2.75, 3.05) is 0 Å². The maximum atomic E-state index is 5.80. The smallest absolute Gasteiger partial charge is 0.267 e. The molecule has 1 atom stereocenters. The number of hydrogen-bond acceptors (Lipinski definition) is 5. The first-order chi connectivity index (χ1) is 6.66. The van der Waals surface area contributed by atoms with Gasteiger partial charge in [-0.1, -0.05) is 0 Å². The van der Waals surface area contributed by atoms with Crippen LogP contribution in [-0.2, 0) is 0 Å². The summed E-state index contributed by atoms with van der Waals surface area (Å²) in [5.74, 6) is 0.851. The number of hydrogen-bond donors (Lipinski definition) is 0. The van der Waals surface area contributed by atoms with E-state index in [9.17, 15) is 0 Å². The van der Waals surface area contributed by atoms with Gasteiger partial charge in [-0.25, -0.2) is 4.98 Å². The third-order valence-electron chi connectivity index (χ3n) is 1.62. The summed E-state index contributed by atoms with van der Waals surface area (Å²) in [4.78, 5) is 4.23. The summed E-state index contributed by atoms with van der Waals surface area (Å²) >= 11 is 7.34. The summed E-state index contributed by atoms with van der Waals surface area (Å²) < 4.78 is 5.33. The van der Waals surface area contributed by atoms with Gasteiger partial charge in [0.2, 0.25) is 5.89 Å². The number of aromatic nitrogens is 3. The molecule has 2 aromatic rings. The Morgan fingerprint density at radius 2 is 2.29 bits per heavy atom. The molecule has 2 heterocycles. The largest absolute Gasteiger partial charge is 0.418 e. The number of halogens is 1. The van der Waals surface area contributed by atoms with E-state index in [1.807, 2.05) is 12.3 Å². The molecule has 2 rings (SSSR count). The Kier molecular flexibility index (Phi) is 2.52. The van der Waals surface area contributed by atoms with Crippen molar-refractivity contribution in [1.82, 2.24) is 15.2 Å². The van der Waals surface area contributed by atoms with E-state index in [0.29, 0.717) is 17.5 Å². The highest BCUT2D eigenvalue weighted by Gasteiger charge is 2.14. The summed E-state index contributed by atoms with van der Waals surface area (Å²) in [7, 11) is 0. The van der Waals surface area contributed by atoms with Crippen LogP contribution in [0.25, 0.3) is 11.6 Å². The highest BCUT2D eigenvalue weighted by molar-refractivity contribution is 7.09. The predicted molar refractivity (Wildman–Crippen MR) is 54.4 cm³/mol. The van der Waals surface area contributed by atoms with Gasteiger partial charge in [-0.15, -0.1) is 33.1 Å². The molecular formula is C8H8ClN3OS. The topological polar surface area (TPSA) is 51.8 Å². The van der Waals surface area contributed by atoms with Gasteiger partial charge in [0.05, 0.1) is 5.01 Å². The molecule has 14 heavy (non-hydrogen) atoms. The van der Waals surface area contributed by atoms with Crippen molar-refractivity contribution < 1.29 is 4.42 Å². The van der Waals surface area contributed by atoms with Crippen molar-refractivity contribution in [2.24, 2.45) is 0 Å². The van der Waals surface area contributed by atoms with E-state index in [1.165, 1.54) is 0 Å². The lowest BCUT2D eigenvalue weighted by molar-refractivity contribution is 0.506. The van der Waals surface area contributed by atoms with Crippen molar-refractivity contribution in [3.05, 3.63) is 16.3 Å². The first-order valence-electron chi connectivity index (χ1n) is 4.07. The minimum atomic E-state index is -0.268. The molecule has 0 saturated carbocycles. The van der Waals surface area contributed by atoms with Gasteiger partial charge in [-0.3, -0.25) is 0 Å². The molecule has 0 saturated heterocycles. The van der Waals surface area contributed by atoms with E-state index in [-0.39, 0.29) is 5.38 Å². The van der Waals surface area contributed by atoms with Gasteiger partial charge >= 0.3 is 0 Å². The average Bonchev–Trinajstić information content (AvgIpc) is 2.70. The van der Waals surface area contributed by atoms with E-state index in [1.54, 1.807) is 18.3 Å². The summed E-state index contributed by atoms with van der Waals surface area (Å²) in [5, 5.41) is 10.3. The monoisotopic (exact) mass is 229 g/mol. The van der Waals surface area contributed by atoms with Crippen LogP contribution >= 0.6 is 22.9 Å². The van der Waals surface area contributed by atoms with E-state index < -0.39 is 0 Å². The van der Waals surface area contributed by atoms with E-state index >= 15 is 0 Å². The minimum Gasteiger partial charge on any atom is -0.418 e. The summed E-state index contributed by atoms with van der Waals surface area (Å²) in [6.07, 6.45) is 0. The van der Waals surface area contributed by atoms with Crippen LogP contribution in [-0.4, -0.2) is 15.2 Å². The van der Waals surface area contributed by atoms with Gasteiger partial charge < -0.3 is 4.42 Å². The molecule has 0 aromatic carbocycles. The molecule has 1 unspecified atom stereocenters. The number of nitrogens with zero attached hydrogens (tertiary/aromatic N) is 3. The fourth-order valence-electron chi connectivity index (χ4n) is 0.960. The van der Waals surface area contributed by atoms with Crippen LogP contribution in [0.3, 0.4) is 0 Å². The number of rotatable bonds is 2. The SMILES string of the molecule is Cc1nc(-c2nnc(C(C)Cl)o2)cs1. The molecule has 0 radical (unpaired) electrons. The van der Waals surface area contributed by atoms with Gasteiger partial charge in [-0.2, -0.15) is 0 Å². The van der Waals surface area contributed by atoms with Gasteiger partial charge in [0, 0.05) is 5.38 Å². The van der Waals surface area contributed by atoms with Crippen LogP contribution in [0, 0.1) is 6.92 Å². The zero-order valence-electron chi connectivity index (χ0n) is 7.69. The predicted octanol–water partition coefficient (Wildman–Crippen LogP) is 2.80. The van der Waals surface area contributed by atoms with E-state index in [4.69, 9.17) is 16.0 Å². The minimum absolute atomic E-state index is 0.268. The molecule has 0 bridgehead atoms. The maximum absolute atomic E-state index is 5.80. The van der Waals surface area contributed by atoms with Crippen LogP contribution in [0.4, 0.5) is 0 Å². The quantitative estimate of drug-likeness (QED) is 0.743. The molecule has 0 spiro atoms. The summed E-state index contributed by atoms with van der Waals surface area (Å²) in [6, 6.07) is 0. The van der Waals surface area contributed by atoms with E-state index in [2.05, 4.69) is 15.2 Å². The Labute approximate surface area is 89.9 Å². The second kappa shape index (κ2) is 3.67. The third-order valence-corrected chi connectivity index (χ3v) is 2.58. The Morgan fingerprint density at radius 3 is 2.79 bits per heavy atom. The number of alkyl halides is 1. The Bertz CT molecular complexity index is 437. The Hall–Kier alpha value is -0.940. The Morgan fingerprint density at radius 1 is 1.50 bits per heavy atom. The lowest BCUT2D eigenvalue weighted by atomic mass is 10.5. The van der Waals surface area contributed by atoms with Crippen LogP contribution in [0.15, 0.2) is 9.80 Å². The van der Waals surface area contributed by atoms with Gasteiger partial charge in [0.15, 0.2) is 0 Å². The highest BCUT2D eigenvalue weighted by atomic mass is 35.5. The summed E-state index contributed by atoms with van der Waals surface area (Å²) in [5.41, 5.74) is 0.712. The van der Waals surface area contributed by atoms with Crippen LogP contribution in [0.2, 0.25) is 0 Å². The normalized spacial score (nSPS) is 13.1.